The molecule has 2 aromatic rings. The van der Waals surface area contributed by atoms with Gasteiger partial charge in [0.1, 0.15) is 11.7 Å². The number of amides is 3. The molecule has 0 bridgehead atoms. The SMILES string of the molecule is CCCCCCCCCCCCC[C@@H](CC(N)=O)N(CC)C(=O)[C@H](CCCC(=O)O)NC(=O)c1ccc2ccccc2n1. The van der Waals surface area contributed by atoms with E-state index in [0.29, 0.717) is 18.5 Å². The molecule has 1 aromatic carbocycles. The number of nitrogens with zero attached hydrogens (tertiary/aromatic N) is 2. The predicted octanol–water partition coefficient (Wildman–Crippen LogP) is 6.38. The number of carbonyl (C=O) groups excluding carboxylic acids is 3. The highest BCUT2D eigenvalue weighted by molar-refractivity contribution is 5.98. The van der Waals surface area contributed by atoms with Gasteiger partial charge in [0, 0.05) is 30.8 Å². The van der Waals surface area contributed by atoms with Gasteiger partial charge in [-0.05, 0) is 38.3 Å². The Hall–Kier alpha value is -3.49. The second kappa shape index (κ2) is 20.4. The summed E-state index contributed by atoms with van der Waals surface area (Å²) in [5, 5.41) is 12.9. The zero-order valence-corrected chi connectivity index (χ0v) is 26.2. The second-order valence-electron chi connectivity index (χ2n) is 11.5. The van der Waals surface area contributed by atoms with E-state index in [1.807, 2.05) is 31.2 Å². The lowest BCUT2D eigenvalue weighted by atomic mass is 9.99. The first-order chi connectivity index (χ1) is 20.8. The molecule has 0 saturated carbocycles. The maximum Gasteiger partial charge on any atom is 0.303 e. The van der Waals surface area contributed by atoms with Crippen LogP contribution in [0.25, 0.3) is 10.9 Å². The first kappa shape index (κ1) is 35.7. The first-order valence-corrected chi connectivity index (χ1v) is 16.2. The van der Waals surface area contributed by atoms with Crippen molar-refractivity contribution in [1.82, 2.24) is 15.2 Å². The van der Waals surface area contributed by atoms with Crippen LogP contribution < -0.4 is 11.1 Å². The Morgan fingerprint density at radius 1 is 0.837 bits per heavy atom. The van der Waals surface area contributed by atoms with Gasteiger partial charge in [0.2, 0.25) is 11.8 Å². The standard InChI is InChI=1S/C34H52N4O5/c1-3-5-6-7-8-9-10-11-12-13-14-19-27(25-31(35)39)38(4-2)34(43)30(21-17-22-32(40)41)37-33(42)29-24-23-26-18-15-16-20-28(26)36-29/h15-16,18,20,23-24,27,30H,3-14,17,19,21-22,25H2,1-2H3,(H2,35,39)(H,37,42)(H,40,41)/t27-,30-/m0/s1. The van der Waals surface area contributed by atoms with Crippen LogP contribution in [0.4, 0.5) is 0 Å². The number of unbranched alkanes of at least 4 members (excludes halogenated alkanes) is 10. The Kier molecular flexibility index (Phi) is 17.0. The summed E-state index contributed by atoms with van der Waals surface area (Å²) in [4.78, 5) is 56.3. The van der Waals surface area contributed by atoms with Crippen LogP contribution in [-0.4, -0.2) is 57.3 Å². The molecule has 0 aliphatic carbocycles. The molecule has 0 aliphatic heterocycles. The summed E-state index contributed by atoms with van der Waals surface area (Å²) in [5.74, 6) is -2.29. The van der Waals surface area contributed by atoms with E-state index in [1.54, 1.807) is 17.0 Å². The molecule has 238 valence electrons. The molecular weight excluding hydrogens is 544 g/mol. The topological polar surface area (TPSA) is 143 Å². The van der Waals surface area contributed by atoms with E-state index in [1.165, 1.54) is 51.4 Å². The van der Waals surface area contributed by atoms with Crippen LogP contribution in [0.5, 0.6) is 0 Å². The molecule has 9 nitrogen and oxygen atoms in total. The van der Waals surface area contributed by atoms with Crippen molar-refractivity contribution in [3.05, 3.63) is 42.1 Å². The van der Waals surface area contributed by atoms with Crippen molar-refractivity contribution >= 4 is 34.6 Å². The third kappa shape index (κ3) is 13.6. The molecule has 0 unspecified atom stereocenters. The third-order valence-corrected chi connectivity index (χ3v) is 7.96. The van der Waals surface area contributed by atoms with Crippen molar-refractivity contribution < 1.29 is 24.3 Å². The molecule has 2 atom stereocenters. The average molecular weight is 597 g/mol. The minimum Gasteiger partial charge on any atom is -0.481 e. The van der Waals surface area contributed by atoms with E-state index in [9.17, 15) is 19.2 Å². The number of nitrogens with one attached hydrogen (secondary N) is 1. The van der Waals surface area contributed by atoms with Gasteiger partial charge in [0.15, 0.2) is 0 Å². The van der Waals surface area contributed by atoms with Gasteiger partial charge in [-0.25, -0.2) is 4.98 Å². The number of fused-ring (bicyclic) bond motifs is 1. The van der Waals surface area contributed by atoms with Gasteiger partial charge < -0.3 is 21.1 Å². The van der Waals surface area contributed by atoms with Crippen LogP contribution in [0, 0.1) is 0 Å². The number of aromatic nitrogens is 1. The van der Waals surface area contributed by atoms with Gasteiger partial charge >= 0.3 is 5.97 Å². The maximum atomic E-state index is 13.8. The molecule has 0 aliphatic rings. The summed E-state index contributed by atoms with van der Waals surface area (Å²) in [6.45, 7) is 4.41. The number of benzene rings is 1. The molecule has 0 radical (unpaired) electrons. The number of nitrogens with two attached hydrogens (primary N) is 1. The van der Waals surface area contributed by atoms with Crippen molar-refractivity contribution in [3.63, 3.8) is 0 Å². The van der Waals surface area contributed by atoms with Crippen molar-refractivity contribution in [2.45, 2.75) is 129 Å². The van der Waals surface area contributed by atoms with Crippen LogP contribution in [0.3, 0.4) is 0 Å². The first-order valence-electron chi connectivity index (χ1n) is 16.2. The fraction of sp³-hybridized carbons (Fsp3) is 0.618. The van der Waals surface area contributed by atoms with E-state index in [4.69, 9.17) is 10.8 Å². The van der Waals surface area contributed by atoms with E-state index in [0.717, 1.165) is 24.6 Å². The lowest BCUT2D eigenvalue weighted by Crippen LogP contribution is -2.52. The quantitative estimate of drug-likeness (QED) is 0.127. The number of carbonyl (C=O) groups is 4. The Labute approximate surface area is 257 Å². The summed E-state index contributed by atoms with van der Waals surface area (Å²) >= 11 is 0. The maximum absolute atomic E-state index is 13.8. The number of hydrogen-bond acceptors (Lipinski definition) is 5. The Balaban J connectivity index is 2.02. The van der Waals surface area contributed by atoms with Gasteiger partial charge in [-0.15, -0.1) is 0 Å². The summed E-state index contributed by atoms with van der Waals surface area (Å²) in [7, 11) is 0. The predicted molar refractivity (Wildman–Crippen MR) is 171 cm³/mol. The third-order valence-electron chi connectivity index (χ3n) is 7.96. The van der Waals surface area contributed by atoms with Crippen LogP contribution in [-0.2, 0) is 14.4 Å². The smallest absolute Gasteiger partial charge is 0.303 e. The minimum atomic E-state index is -0.968. The van der Waals surface area contributed by atoms with Crippen molar-refractivity contribution in [2.75, 3.05) is 6.54 Å². The molecule has 9 heteroatoms. The van der Waals surface area contributed by atoms with E-state index < -0.39 is 23.8 Å². The second-order valence-corrected chi connectivity index (χ2v) is 11.5. The Bertz CT molecular complexity index is 1150. The molecule has 2 rings (SSSR count). The number of primary amides is 1. The number of likely N-dealkylation sites (N-methyl/N-ethyl adjacent to an activating group) is 1. The normalized spacial score (nSPS) is 12.5. The van der Waals surface area contributed by atoms with E-state index in [-0.39, 0.29) is 43.3 Å². The lowest BCUT2D eigenvalue weighted by Gasteiger charge is -2.33. The minimum absolute atomic E-state index is 0.0410. The average Bonchev–Trinajstić information content (AvgIpc) is 2.98. The van der Waals surface area contributed by atoms with Gasteiger partial charge in [0.25, 0.3) is 5.91 Å². The molecule has 3 amide bonds. The Morgan fingerprint density at radius 2 is 1.47 bits per heavy atom. The molecule has 43 heavy (non-hydrogen) atoms. The number of aliphatic carboxylic acids is 1. The fourth-order valence-electron chi connectivity index (χ4n) is 5.58. The molecule has 4 N–H and O–H groups in total. The highest BCUT2D eigenvalue weighted by Gasteiger charge is 2.31. The summed E-state index contributed by atoms with van der Waals surface area (Å²) < 4.78 is 0. The van der Waals surface area contributed by atoms with Crippen LogP contribution in [0.2, 0.25) is 0 Å². The molecule has 0 spiro atoms. The molecule has 0 saturated heterocycles. The number of para-hydroxylation sites is 1. The zero-order valence-electron chi connectivity index (χ0n) is 26.2. The van der Waals surface area contributed by atoms with Gasteiger partial charge in [-0.1, -0.05) is 102 Å². The van der Waals surface area contributed by atoms with Crippen molar-refractivity contribution in [3.8, 4) is 0 Å². The summed E-state index contributed by atoms with van der Waals surface area (Å²) in [6.07, 6.45) is 14.2. The van der Waals surface area contributed by atoms with Crippen LogP contribution in [0.1, 0.15) is 127 Å². The number of pyridine rings is 1. The number of hydrogen-bond donors (Lipinski definition) is 3. The number of rotatable bonds is 23. The zero-order chi connectivity index (χ0) is 31.5. The van der Waals surface area contributed by atoms with Gasteiger partial charge in [0.05, 0.1) is 5.52 Å². The molecular formula is C34H52N4O5. The molecule has 1 heterocycles. The summed E-state index contributed by atoms with van der Waals surface area (Å²) in [5.41, 5.74) is 6.42. The number of carboxylic acid groups (broad SMARTS) is 1. The monoisotopic (exact) mass is 596 g/mol. The molecule has 0 fully saturated rings. The van der Waals surface area contributed by atoms with Crippen LogP contribution >= 0.6 is 0 Å². The fourth-order valence-corrected chi connectivity index (χ4v) is 5.58. The van der Waals surface area contributed by atoms with Crippen LogP contribution in [0.15, 0.2) is 36.4 Å². The molecule has 1 aromatic heterocycles. The Morgan fingerprint density at radius 3 is 2.07 bits per heavy atom. The lowest BCUT2D eigenvalue weighted by molar-refractivity contribution is -0.139. The van der Waals surface area contributed by atoms with E-state index >= 15 is 0 Å². The van der Waals surface area contributed by atoms with Gasteiger partial charge in [-0.3, -0.25) is 19.2 Å². The largest absolute Gasteiger partial charge is 0.481 e. The van der Waals surface area contributed by atoms with Crippen molar-refractivity contribution in [1.29, 1.82) is 0 Å². The summed E-state index contributed by atoms with van der Waals surface area (Å²) in [6, 6.07) is 9.50. The highest BCUT2D eigenvalue weighted by Crippen LogP contribution is 2.19. The highest BCUT2D eigenvalue weighted by atomic mass is 16.4. The van der Waals surface area contributed by atoms with E-state index in [2.05, 4.69) is 17.2 Å². The van der Waals surface area contributed by atoms with Crippen molar-refractivity contribution in [2.24, 2.45) is 5.73 Å². The van der Waals surface area contributed by atoms with Gasteiger partial charge in [-0.2, -0.15) is 0 Å². The number of carboxylic acids is 1.